The van der Waals surface area contributed by atoms with Crippen molar-refractivity contribution in [1.82, 2.24) is 20.3 Å². The first-order valence-electron chi connectivity index (χ1n) is 14.5. The van der Waals surface area contributed by atoms with Gasteiger partial charge in [-0.25, -0.2) is 21.9 Å². The minimum atomic E-state index is -3.74. The van der Waals surface area contributed by atoms with Gasteiger partial charge < -0.3 is 20.3 Å². The normalized spacial score (nSPS) is 20.3. The smallest absolute Gasteiger partial charge is 0.243 e. The summed E-state index contributed by atoms with van der Waals surface area (Å²) in [5.41, 5.74) is 1.69. The Balaban J connectivity index is 1.50. The maximum Gasteiger partial charge on any atom is 0.243 e. The molecule has 2 heterocycles. The van der Waals surface area contributed by atoms with Crippen molar-refractivity contribution in [2.45, 2.75) is 70.4 Å². The topological polar surface area (TPSA) is 117 Å². The highest BCUT2D eigenvalue weighted by molar-refractivity contribution is 7.88. The summed E-state index contributed by atoms with van der Waals surface area (Å²) in [6.07, 6.45) is 3.36. The van der Waals surface area contributed by atoms with Crippen LogP contribution in [0, 0.1) is 24.5 Å². The van der Waals surface area contributed by atoms with E-state index < -0.39 is 51.7 Å². The van der Waals surface area contributed by atoms with Crippen LogP contribution in [-0.2, 0) is 37.5 Å². The fourth-order valence-corrected chi connectivity index (χ4v) is 6.55. The van der Waals surface area contributed by atoms with Crippen LogP contribution in [0.4, 0.5) is 8.78 Å². The molecule has 236 valence electrons. The Hall–Kier alpha value is -2.64. The molecule has 3 N–H and O–H groups in total. The maximum atomic E-state index is 14.4. The van der Waals surface area contributed by atoms with Crippen molar-refractivity contribution in [2.75, 3.05) is 25.9 Å². The summed E-state index contributed by atoms with van der Waals surface area (Å²) < 4.78 is 61.0. The number of hydrogen-bond acceptors (Lipinski definition) is 6. The molecule has 4 rings (SSSR count). The predicted molar refractivity (Wildman–Crippen MR) is 160 cm³/mol. The third-order valence-corrected chi connectivity index (χ3v) is 8.96. The molecule has 0 aromatic heterocycles. The first kappa shape index (κ1) is 33.3. The van der Waals surface area contributed by atoms with Gasteiger partial charge in [0.05, 0.1) is 24.0 Å². The second kappa shape index (κ2) is 14.9. The fourth-order valence-electron chi connectivity index (χ4n) is 5.61. The number of aryl methyl sites for hydroxylation is 1. The number of hydrogen-bond donors (Lipinski definition) is 3. The van der Waals surface area contributed by atoms with E-state index in [-0.39, 0.29) is 37.6 Å². The number of carbonyl (C=O) groups excluding carboxylic acids is 2. The van der Waals surface area contributed by atoms with E-state index in [4.69, 9.17) is 16.3 Å². The van der Waals surface area contributed by atoms with Gasteiger partial charge in [-0.2, -0.15) is 0 Å². The lowest BCUT2D eigenvalue weighted by Crippen LogP contribution is -2.53. The molecule has 9 nitrogen and oxygen atoms in total. The van der Waals surface area contributed by atoms with Crippen molar-refractivity contribution in [3.05, 3.63) is 69.7 Å². The minimum absolute atomic E-state index is 0.0298. The molecule has 2 aliphatic rings. The summed E-state index contributed by atoms with van der Waals surface area (Å²) in [4.78, 5) is 28.7. The molecule has 2 amide bonds. The molecule has 43 heavy (non-hydrogen) atoms. The van der Waals surface area contributed by atoms with Crippen LogP contribution >= 0.6 is 11.6 Å². The van der Waals surface area contributed by atoms with Crippen LogP contribution in [0.25, 0.3) is 0 Å². The number of likely N-dealkylation sites (tertiary alicyclic amines) is 1. The van der Waals surface area contributed by atoms with Crippen molar-refractivity contribution in [3.8, 4) is 0 Å². The third-order valence-electron chi connectivity index (χ3n) is 7.96. The summed E-state index contributed by atoms with van der Waals surface area (Å²) in [6, 6.07) is 6.90. The molecule has 13 heteroatoms. The number of sulfonamides is 1. The Morgan fingerprint density at radius 3 is 2.56 bits per heavy atom. The van der Waals surface area contributed by atoms with Crippen LogP contribution in [0.3, 0.4) is 0 Å². The lowest BCUT2D eigenvalue weighted by molar-refractivity contribution is -0.140. The van der Waals surface area contributed by atoms with Gasteiger partial charge in [0.15, 0.2) is 0 Å². The molecule has 0 aliphatic carbocycles. The molecular weight excluding hydrogens is 602 g/mol. The molecule has 0 unspecified atom stereocenters. The molecule has 3 atom stereocenters. The summed E-state index contributed by atoms with van der Waals surface area (Å²) in [5, 5.41) is 6.00. The number of piperidine rings is 1. The molecule has 0 saturated carbocycles. The lowest BCUT2D eigenvalue weighted by Gasteiger charge is -2.30. The highest BCUT2D eigenvalue weighted by Crippen LogP contribution is 2.26. The summed E-state index contributed by atoms with van der Waals surface area (Å²) >= 11 is 5.88. The van der Waals surface area contributed by atoms with Gasteiger partial charge in [0.2, 0.25) is 21.8 Å². The van der Waals surface area contributed by atoms with Gasteiger partial charge in [-0.05, 0) is 80.9 Å². The molecular formula is C30H39ClF2N4O5S. The molecule has 0 spiro atoms. The number of carbonyl (C=O) groups is 2. The average Bonchev–Trinajstić information content (AvgIpc) is 3.39. The van der Waals surface area contributed by atoms with E-state index in [1.165, 1.54) is 29.2 Å². The third kappa shape index (κ3) is 9.67. The van der Waals surface area contributed by atoms with Crippen molar-refractivity contribution < 1.29 is 31.5 Å². The van der Waals surface area contributed by atoms with Gasteiger partial charge in [-0.1, -0.05) is 29.8 Å². The molecule has 2 aliphatic heterocycles. The second-order valence-electron chi connectivity index (χ2n) is 11.4. The van der Waals surface area contributed by atoms with E-state index in [2.05, 4.69) is 15.4 Å². The number of rotatable bonds is 12. The number of halogens is 3. The average molecular weight is 641 g/mol. The minimum Gasteiger partial charge on any atom is -0.371 e. The van der Waals surface area contributed by atoms with Gasteiger partial charge >= 0.3 is 0 Å². The van der Waals surface area contributed by atoms with E-state index >= 15 is 0 Å². The van der Waals surface area contributed by atoms with E-state index in [0.29, 0.717) is 23.5 Å². The number of benzene rings is 2. The first-order valence-corrected chi connectivity index (χ1v) is 16.7. The standard InChI is InChI=1S/C30H39ClF2N4O5S/c1-19-3-6-22(26(33)13-19)18-42-23-15-28(29(38)35-16-21-4-7-25(32)24(31)14-21)37(17-23)30(39)27(36-43(2,40)41)8-5-20-9-11-34-12-10-20/h3-4,6-7,13-14,20,23,27-28,34,36H,5,8-12,15-18H2,1-2H3,(H,35,38)/t23-,27-,28+/m1/s1. The van der Waals surface area contributed by atoms with Crippen molar-refractivity contribution in [3.63, 3.8) is 0 Å². The largest absolute Gasteiger partial charge is 0.371 e. The highest BCUT2D eigenvalue weighted by Gasteiger charge is 2.42. The second-order valence-corrected chi connectivity index (χ2v) is 13.6. The Bertz CT molecular complexity index is 1410. The molecule has 2 fully saturated rings. The number of ether oxygens (including phenoxy) is 1. The monoisotopic (exact) mass is 640 g/mol. The van der Waals surface area contributed by atoms with Crippen molar-refractivity contribution in [2.24, 2.45) is 5.92 Å². The Morgan fingerprint density at radius 2 is 1.88 bits per heavy atom. The molecule has 0 radical (unpaired) electrons. The fraction of sp³-hybridized carbons (Fsp3) is 0.533. The highest BCUT2D eigenvalue weighted by atomic mass is 35.5. The van der Waals surface area contributed by atoms with Gasteiger partial charge in [-0.3, -0.25) is 9.59 Å². The van der Waals surface area contributed by atoms with Crippen LogP contribution in [0.2, 0.25) is 5.02 Å². The van der Waals surface area contributed by atoms with E-state index in [1.807, 2.05) is 0 Å². The Labute approximate surface area is 256 Å². The van der Waals surface area contributed by atoms with Gasteiger partial charge in [0, 0.05) is 25.1 Å². The van der Waals surface area contributed by atoms with Crippen molar-refractivity contribution >= 4 is 33.4 Å². The zero-order valence-electron chi connectivity index (χ0n) is 24.4. The Morgan fingerprint density at radius 1 is 1.14 bits per heavy atom. The molecule has 0 bridgehead atoms. The quantitative estimate of drug-likeness (QED) is 0.327. The summed E-state index contributed by atoms with van der Waals surface area (Å²) in [6.45, 7) is 3.54. The van der Waals surface area contributed by atoms with Crippen LogP contribution < -0.4 is 15.4 Å². The molecule has 2 aromatic carbocycles. The van der Waals surface area contributed by atoms with E-state index in [0.717, 1.165) is 37.8 Å². The van der Waals surface area contributed by atoms with Crippen LogP contribution in [-0.4, -0.2) is 69.2 Å². The van der Waals surface area contributed by atoms with Gasteiger partial charge in [-0.15, -0.1) is 0 Å². The lowest BCUT2D eigenvalue weighted by atomic mass is 9.91. The van der Waals surface area contributed by atoms with E-state index in [9.17, 15) is 26.8 Å². The first-order chi connectivity index (χ1) is 20.4. The van der Waals surface area contributed by atoms with Crippen LogP contribution in [0.15, 0.2) is 36.4 Å². The number of amides is 2. The predicted octanol–water partition coefficient (Wildman–Crippen LogP) is 3.43. The zero-order valence-corrected chi connectivity index (χ0v) is 25.9. The Kier molecular flexibility index (Phi) is 11.5. The number of nitrogens with one attached hydrogen (secondary N) is 3. The van der Waals surface area contributed by atoms with Gasteiger partial charge in [0.25, 0.3) is 0 Å². The SMILES string of the molecule is Cc1ccc(CO[C@@H]2C[C@@H](C(=O)NCc3ccc(F)c(Cl)c3)N(C(=O)[C@@H](CCC3CCNCC3)NS(C)(=O)=O)C2)c(F)c1. The van der Waals surface area contributed by atoms with Crippen molar-refractivity contribution in [1.29, 1.82) is 0 Å². The van der Waals surface area contributed by atoms with Crippen LogP contribution in [0.5, 0.6) is 0 Å². The van der Waals surface area contributed by atoms with Crippen LogP contribution in [0.1, 0.15) is 48.8 Å². The molecule has 2 aromatic rings. The maximum absolute atomic E-state index is 14.4. The molecule has 2 saturated heterocycles. The summed E-state index contributed by atoms with van der Waals surface area (Å²) in [5.74, 6) is -1.62. The van der Waals surface area contributed by atoms with Gasteiger partial charge in [0.1, 0.15) is 23.7 Å². The number of nitrogens with zero attached hydrogens (tertiary/aromatic N) is 1. The zero-order chi connectivity index (χ0) is 31.1. The summed E-state index contributed by atoms with van der Waals surface area (Å²) in [7, 11) is -3.74. The van der Waals surface area contributed by atoms with E-state index in [1.54, 1.807) is 19.1 Å².